The van der Waals surface area contributed by atoms with Crippen molar-refractivity contribution in [3.05, 3.63) is 52.1 Å². The molecule has 0 atom stereocenters. The highest BCUT2D eigenvalue weighted by molar-refractivity contribution is 5.66. The Morgan fingerprint density at radius 2 is 2.14 bits per heavy atom. The van der Waals surface area contributed by atoms with Gasteiger partial charge in [0, 0.05) is 31.0 Å². The van der Waals surface area contributed by atoms with Gasteiger partial charge in [0.05, 0.1) is 0 Å². The monoisotopic (exact) mass is 287 g/mol. The average molecular weight is 287 g/mol. The third kappa shape index (κ3) is 2.33. The van der Waals surface area contributed by atoms with E-state index in [0.29, 0.717) is 13.1 Å². The van der Waals surface area contributed by atoms with Crippen molar-refractivity contribution < 1.29 is 15.0 Å². The van der Waals surface area contributed by atoms with Crippen LogP contribution in [-0.2, 0) is 24.4 Å². The molecule has 0 saturated heterocycles. The lowest BCUT2D eigenvalue weighted by molar-refractivity contribution is -0.137. The van der Waals surface area contributed by atoms with Gasteiger partial charge in [-0.15, -0.1) is 0 Å². The molecule has 1 aromatic heterocycles. The summed E-state index contributed by atoms with van der Waals surface area (Å²) in [6.45, 7) is 0.435. The van der Waals surface area contributed by atoms with Crippen molar-refractivity contribution in [2.24, 2.45) is 0 Å². The number of fused-ring (bicyclic) bond motifs is 1. The van der Waals surface area contributed by atoms with Gasteiger partial charge in [-0.1, -0.05) is 12.1 Å². The van der Waals surface area contributed by atoms with E-state index >= 15 is 0 Å². The van der Waals surface area contributed by atoms with Gasteiger partial charge in [-0.05, 0) is 11.6 Å². The highest BCUT2D eigenvalue weighted by atomic mass is 16.4. The number of aromatic hydroxyl groups is 1. The first-order valence-corrected chi connectivity index (χ1v) is 6.38. The summed E-state index contributed by atoms with van der Waals surface area (Å²) in [6, 6.07) is 5.23. The molecule has 7 nitrogen and oxygen atoms in total. The molecule has 0 amide bonds. The van der Waals surface area contributed by atoms with Crippen molar-refractivity contribution in [1.29, 1.82) is 0 Å². The number of rotatable bonds is 3. The molecule has 2 heterocycles. The van der Waals surface area contributed by atoms with Crippen molar-refractivity contribution >= 4 is 11.8 Å². The number of anilines is 1. The number of carboxylic acids is 1. The van der Waals surface area contributed by atoms with Crippen LogP contribution in [0.4, 0.5) is 5.82 Å². The van der Waals surface area contributed by atoms with Gasteiger partial charge in [0.15, 0.2) is 5.82 Å². The number of nitrogens with zero attached hydrogens (tertiary/aromatic N) is 3. The third-order valence-corrected chi connectivity index (χ3v) is 3.46. The lowest BCUT2D eigenvalue weighted by Crippen LogP contribution is -2.31. The summed E-state index contributed by atoms with van der Waals surface area (Å²) < 4.78 is 1.10. The second-order valence-corrected chi connectivity index (χ2v) is 4.85. The zero-order valence-electron chi connectivity index (χ0n) is 11.1. The maximum atomic E-state index is 12.3. The summed E-state index contributed by atoms with van der Waals surface area (Å²) in [5.74, 6) is -0.706. The second kappa shape index (κ2) is 4.93. The Labute approximate surface area is 119 Å². The van der Waals surface area contributed by atoms with E-state index in [4.69, 9.17) is 5.11 Å². The molecule has 1 aliphatic rings. The molecule has 0 fully saturated rings. The van der Waals surface area contributed by atoms with E-state index in [9.17, 15) is 14.7 Å². The maximum Gasteiger partial charge on any atom is 0.323 e. The predicted octanol–water partition coefficient (Wildman–Crippen LogP) is 0.554. The van der Waals surface area contributed by atoms with Crippen LogP contribution in [0.15, 0.2) is 35.4 Å². The fraction of sp³-hybridized carbons (Fsp3) is 0.214. The molecule has 2 N–H and O–H groups in total. The molecule has 108 valence electrons. The van der Waals surface area contributed by atoms with Crippen molar-refractivity contribution in [1.82, 2.24) is 9.55 Å². The Balaban J connectivity index is 1.95. The lowest BCUT2D eigenvalue weighted by atomic mass is 10.1. The van der Waals surface area contributed by atoms with Crippen LogP contribution in [0.2, 0.25) is 0 Å². The fourth-order valence-corrected chi connectivity index (χ4v) is 2.48. The van der Waals surface area contributed by atoms with Gasteiger partial charge in [0.2, 0.25) is 0 Å². The molecule has 1 aliphatic heterocycles. The Bertz CT molecular complexity index is 769. The molecule has 2 aromatic rings. The first-order chi connectivity index (χ1) is 10.1. The number of benzene rings is 1. The molecule has 0 unspecified atom stereocenters. The molecular formula is C14H13N3O4. The van der Waals surface area contributed by atoms with Crippen molar-refractivity contribution in [3.63, 3.8) is 0 Å². The number of aliphatic carboxylic acids is 1. The van der Waals surface area contributed by atoms with E-state index in [1.54, 1.807) is 17.0 Å². The standard InChI is InChI=1S/C14H13N3O4/c18-11-3-1-2-9-6-17(7-10(9)11)13-14(21)16(5-4-15-13)8-12(19)20/h1-5,18H,6-8H2,(H,19,20). The number of carboxylic acid groups (broad SMARTS) is 1. The first-order valence-electron chi connectivity index (χ1n) is 6.38. The Hall–Kier alpha value is -2.83. The van der Waals surface area contributed by atoms with Crippen LogP contribution in [0.1, 0.15) is 11.1 Å². The highest BCUT2D eigenvalue weighted by Crippen LogP contribution is 2.31. The molecule has 3 rings (SSSR count). The number of aromatic nitrogens is 2. The third-order valence-electron chi connectivity index (χ3n) is 3.46. The summed E-state index contributed by atoms with van der Waals surface area (Å²) >= 11 is 0. The Morgan fingerprint density at radius 3 is 2.86 bits per heavy atom. The smallest absolute Gasteiger partial charge is 0.323 e. The van der Waals surface area contributed by atoms with Gasteiger partial charge in [0.25, 0.3) is 5.56 Å². The van der Waals surface area contributed by atoms with E-state index in [1.165, 1.54) is 12.4 Å². The van der Waals surface area contributed by atoms with E-state index in [2.05, 4.69) is 4.98 Å². The minimum Gasteiger partial charge on any atom is -0.508 e. The van der Waals surface area contributed by atoms with Crippen LogP contribution in [0.5, 0.6) is 5.75 Å². The largest absolute Gasteiger partial charge is 0.508 e. The van der Waals surface area contributed by atoms with Crippen LogP contribution >= 0.6 is 0 Å². The number of carbonyl (C=O) groups is 1. The molecule has 21 heavy (non-hydrogen) atoms. The molecule has 0 saturated carbocycles. The van der Waals surface area contributed by atoms with Crippen LogP contribution in [0, 0.1) is 0 Å². The summed E-state index contributed by atoms with van der Waals surface area (Å²) in [4.78, 5) is 28.8. The minimum absolute atomic E-state index is 0.189. The van der Waals surface area contributed by atoms with Crippen molar-refractivity contribution in [2.75, 3.05) is 4.90 Å². The topological polar surface area (TPSA) is 95.7 Å². The Kier molecular flexibility index (Phi) is 3.09. The lowest BCUT2D eigenvalue weighted by Gasteiger charge is -2.16. The van der Waals surface area contributed by atoms with E-state index in [1.807, 2.05) is 6.07 Å². The number of phenolic OH excluding ortho intramolecular Hbond substituents is 1. The summed E-state index contributed by atoms with van der Waals surface area (Å²) in [7, 11) is 0. The van der Waals surface area contributed by atoms with Gasteiger partial charge in [0.1, 0.15) is 12.3 Å². The second-order valence-electron chi connectivity index (χ2n) is 4.85. The molecule has 0 bridgehead atoms. The normalized spacial score (nSPS) is 13.2. The van der Waals surface area contributed by atoms with Gasteiger partial charge in [-0.2, -0.15) is 0 Å². The zero-order chi connectivity index (χ0) is 15.0. The summed E-state index contributed by atoms with van der Waals surface area (Å²) in [5, 5.41) is 18.6. The summed E-state index contributed by atoms with van der Waals surface area (Å²) in [5.41, 5.74) is 1.25. The SMILES string of the molecule is O=C(O)Cn1ccnc(N2Cc3cccc(O)c3C2)c1=O. The molecule has 0 radical (unpaired) electrons. The maximum absolute atomic E-state index is 12.3. The number of phenols is 1. The van der Waals surface area contributed by atoms with Crippen LogP contribution in [0.25, 0.3) is 0 Å². The minimum atomic E-state index is -1.09. The molecule has 0 spiro atoms. The predicted molar refractivity (Wildman–Crippen MR) is 74.1 cm³/mol. The first kappa shape index (κ1) is 13.2. The van der Waals surface area contributed by atoms with Gasteiger partial charge < -0.3 is 15.1 Å². The van der Waals surface area contributed by atoms with E-state index in [0.717, 1.165) is 15.7 Å². The quantitative estimate of drug-likeness (QED) is 0.856. The van der Waals surface area contributed by atoms with Gasteiger partial charge in [-0.3, -0.25) is 14.2 Å². The number of hydrogen-bond donors (Lipinski definition) is 2. The van der Waals surface area contributed by atoms with Gasteiger partial charge >= 0.3 is 5.97 Å². The molecule has 7 heteroatoms. The van der Waals surface area contributed by atoms with Crippen molar-refractivity contribution in [3.8, 4) is 5.75 Å². The zero-order valence-corrected chi connectivity index (χ0v) is 11.1. The van der Waals surface area contributed by atoms with Crippen LogP contribution < -0.4 is 10.5 Å². The molecular weight excluding hydrogens is 274 g/mol. The highest BCUT2D eigenvalue weighted by Gasteiger charge is 2.25. The van der Waals surface area contributed by atoms with E-state index in [-0.39, 0.29) is 11.6 Å². The average Bonchev–Trinajstić information content (AvgIpc) is 2.86. The van der Waals surface area contributed by atoms with Crippen LogP contribution in [0.3, 0.4) is 0 Å². The molecule has 1 aromatic carbocycles. The van der Waals surface area contributed by atoms with Gasteiger partial charge in [-0.25, -0.2) is 4.98 Å². The summed E-state index contributed by atoms with van der Waals surface area (Å²) in [6.07, 6.45) is 2.75. The van der Waals surface area contributed by atoms with Crippen molar-refractivity contribution in [2.45, 2.75) is 19.6 Å². The van der Waals surface area contributed by atoms with Crippen LogP contribution in [-0.4, -0.2) is 25.7 Å². The number of hydrogen-bond acceptors (Lipinski definition) is 5. The van der Waals surface area contributed by atoms with E-state index < -0.39 is 18.1 Å². The Morgan fingerprint density at radius 1 is 1.33 bits per heavy atom. The molecule has 0 aliphatic carbocycles. The fourth-order valence-electron chi connectivity index (χ4n) is 2.48.